The number of carbonyl (C=O) groups excluding carboxylic acids is 2. The molecule has 0 aliphatic carbocycles. The lowest BCUT2D eigenvalue weighted by atomic mass is 9.98. The number of rotatable bonds is 6. The highest BCUT2D eigenvalue weighted by Crippen LogP contribution is 2.22. The zero-order valence-corrected chi connectivity index (χ0v) is 18.3. The van der Waals surface area contributed by atoms with Crippen molar-refractivity contribution in [2.24, 2.45) is 5.92 Å². The van der Waals surface area contributed by atoms with Crippen LogP contribution in [0.15, 0.2) is 24.3 Å². The Morgan fingerprint density at radius 2 is 1.60 bits per heavy atom. The third kappa shape index (κ3) is 5.63. The Balaban J connectivity index is 1.40. The average Bonchev–Trinajstić information content (AvgIpc) is 2.77. The second-order valence-corrected chi connectivity index (χ2v) is 9.59. The van der Waals surface area contributed by atoms with Gasteiger partial charge in [0.2, 0.25) is 10.0 Å². The van der Waals surface area contributed by atoms with Gasteiger partial charge in [-0.2, -0.15) is 0 Å². The van der Waals surface area contributed by atoms with Crippen LogP contribution in [0.2, 0.25) is 0 Å². The van der Waals surface area contributed by atoms with Gasteiger partial charge in [-0.05, 0) is 37.1 Å². The molecule has 166 valence electrons. The Hall–Kier alpha value is -2.33. The molecule has 2 saturated heterocycles. The van der Waals surface area contributed by atoms with E-state index in [9.17, 15) is 18.0 Å². The third-order valence-electron chi connectivity index (χ3n) is 5.66. The van der Waals surface area contributed by atoms with Gasteiger partial charge < -0.3 is 19.3 Å². The molecule has 0 unspecified atom stereocenters. The molecule has 0 spiro atoms. The van der Waals surface area contributed by atoms with Crippen molar-refractivity contribution in [3.63, 3.8) is 0 Å². The van der Waals surface area contributed by atoms with Crippen molar-refractivity contribution >= 4 is 27.6 Å². The zero-order valence-electron chi connectivity index (χ0n) is 17.5. The van der Waals surface area contributed by atoms with Crippen molar-refractivity contribution < 1.29 is 27.5 Å². The van der Waals surface area contributed by atoms with Gasteiger partial charge in [-0.3, -0.25) is 9.59 Å². The minimum Gasteiger partial charge on any atom is -0.497 e. The largest absolute Gasteiger partial charge is 0.497 e. The molecule has 0 saturated carbocycles. The highest BCUT2D eigenvalue weighted by atomic mass is 32.2. The molecule has 9 nitrogen and oxygen atoms in total. The van der Waals surface area contributed by atoms with Gasteiger partial charge in [-0.1, -0.05) is 0 Å². The SMILES string of the molecule is COc1ccc(N2CCN(C(=O)COC(=O)C3CCN(S(C)(=O)=O)CC3)CC2)cc1. The Labute approximate surface area is 177 Å². The van der Waals surface area contributed by atoms with Crippen molar-refractivity contribution in [3.8, 4) is 5.75 Å². The molecule has 0 aromatic heterocycles. The van der Waals surface area contributed by atoms with Crippen molar-refractivity contribution in [3.05, 3.63) is 24.3 Å². The van der Waals surface area contributed by atoms with Gasteiger partial charge in [-0.15, -0.1) is 0 Å². The highest BCUT2D eigenvalue weighted by molar-refractivity contribution is 7.88. The lowest BCUT2D eigenvalue weighted by Crippen LogP contribution is -2.50. The van der Waals surface area contributed by atoms with E-state index in [1.807, 2.05) is 24.3 Å². The average molecular weight is 440 g/mol. The smallest absolute Gasteiger partial charge is 0.309 e. The molecule has 1 amide bonds. The number of anilines is 1. The van der Waals surface area contributed by atoms with E-state index in [0.717, 1.165) is 11.4 Å². The second kappa shape index (κ2) is 9.65. The number of amides is 1. The van der Waals surface area contributed by atoms with Crippen LogP contribution in [0.5, 0.6) is 5.75 Å². The van der Waals surface area contributed by atoms with Gasteiger partial charge in [0.15, 0.2) is 6.61 Å². The molecule has 2 heterocycles. The van der Waals surface area contributed by atoms with Crippen molar-refractivity contribution in [2.45, 2.75) is 12.8 Å². The maximum absolute atomic E-state index is 12.4. The van der Waals surface area contributed by atoms with Crippen LogP contribution in [0.25, 0.3) is 0 Å². The van der Waals surface area contributed by atoms with E-state index in [2.05, 4.69) is 4.90 Å². The third-order valence-corrected chi connectivity index (χ3v) is 6.97. The normalized spacial score (nSPS) is 18.9. The maximum Gasteiger partial charge on any atom is 0.309 e. The van der Waals surface area contributed by atoms with Gasteiger partial charge in [0.25, 0.3) is 5.91 Å². The zero-order chi connectivity index (χ0) is 21.7. The number of carbonyl (C=O) groups is 2. The molecular weight excluding hydrogens is 410 g/mol. The van der Waals surface area contributed by atoms with E-state index in [0.29, 0.717) is 52.1 Å². The van der Waals surface area contributed by atoms with E-state index in [1.165, 1.54) is 10.6 Å². The van der Waals surface area contributed by atoms with Crippen LogP contribution >= 0.6 is 0 Å². The minimum atomic E-state index is -3.23. The molecule has 0 N–H and O–H groups in total. The highest BCUT2D eigenvalue weighted by Gasteiger charge is 2.30. The summed E-state index contributed by atoms with van der Waals surface area (Å²) >= 11 is 0. The number of ether oxygens (including phenoxy) is 2. The lowest BCUT2D eigenvalue weighted by molar-refractivity contribution is -0.156. The summed E-state index contributed by atoms with van der Waals surface area (Å²) in [6, 6.07) is 7.81. The van der Waals surface area contributed by atoms with E-state index >= 15 is 0 Å². The van der Waals surface area contributed by atoms with Crippen molar-refractivity contribution in [1.82, 2.24) is 9.21 Å². The molecule has 2 fully saturated rings. The second-order valence-electron chi connectivity index (χ2n) is 7.61. The summed E-state index contributed by atoms with van der Waals surface area (Å²) in [5, 5.41) is 0. The van der Waals surface area contributed by atoms with Crippen LogP contribution in [0.4, 0.5) is 5.69 Å². The predicted octanol–water partition coefficient (Wildman–Crippen LogP) is 0.559. The topological polar surface area (TPSA) is 96.5 Å². The van der Waals surface area contributed by atoms with Crippen LogP contribution in [0, 0.1) is 5.92 Å². The molecule has 0 radical (unpaired) electrons. The summed E-state index contributed by atoms with van der Waals surface area (Å²) in [6.07, 6.45) is 2.00. The summed E-state index contributed by atoms with van der Waals surface area (Å²) in [4.78, 5) is 28.6. The number of benzene rings is 1. The number of piperazine rings is 1. The fourth-order valence-electron chi connectivity index (χ4n) is 3.77. The van der Waals surface area contributed by atoms with E-state index < -0.39 is 16.0 Å². The van der Waals surface area contributed by atoms with Crippen molar-refractivity contribution in [2.75, 3.05) is 64.1 Å². The summed E-state index contributed by atoms with van der Waals surface area (Å²) in [5.74, 6) is -0.182. The van der Waals surface area contributed by atoms with E-state index in [-0.39, 0.29) is 18.4 Å². The van der Waals surface area contributed by atoms with E-state index in [4.69, 9.17) is 9.47 Å². The Morgan fingerprint density at radius 3 is 2.13 bits per heavy atom. The predicted molar refractivity (Wildman–Crippen MR) is 112 cm³/mol. The Bertz CT molecular complexity index is 842. The summed E-state index contributed by atoms with van der Waals surface area (Å²) in [7, 11) is -1.60. The van der Waals surface area contributed by atoms with Gasteiger partial charge >= 0.3 is 5.97 Å². The Morgan fingerprint density at radius 1 is 1.00 bits per heavy atom. The molecule has 2 aliphatic heterocycles. The van der Waals surface area contributed by atoms with Crippen LogP contribution in [0.3, 0.4) is 0 Å². The molecule has 10 heteroatoms. The van der Waals surface area contributed by atoms with Gasteiger partial charge in [-0.25, -0.2) is 12.7 Å². The quantitative estimate of drug-likeness (QED) is 0.598. The van der Waals surface area contributed by atoms with Gasteiger partial charge in [0.05, 0.1) is 19.3 Å². The minimum absolute atomic E-state index is 0.202. The van der Waals surface area contributed by atoms with Gasteiger partial charge in [0.1, 0.15) is 5.75 Å². The molecule has 3 rings (SSSR count). The fraction of sp³-hybridized carbons (Fsp3) is 0.600. The van der Waals surface area contributed by atoms with E-state index in [1.54, 1.807) is 12.0 Å². The summed E-state index contributed by atoms with van der Waals surface area (Å²) in [5.41, 5.74) is 1.08. The molecule has 1 aromatic rings. The van der Waals surface area contributed by atoms with Crippen LogP contribution < -0.4 is 9.64 Å². The first kappa shape index (κ1) is 22.4. The van der Waals surface area contributed by atoms with Crippen LogP contribution in [0.1, 0.15) is 12.8 Å². The monoisotopic (exact) mass is 439 g/mol. The Kier molecular flexibility index (Phi) is 7.19. The molecular formula is C20H29N3O6S. The van der Waals surface area contributed by atoms with Crippen LogP contribution in [-0.2, 0) is 24.3 Å². The number of methoxy groups -OCH3 is 1. The molecule has 0 atom stereocenters. The fourth-order valence-corrected chi connectivity index (χ4v) is 4.65. The first-order valence-corrected chi connectivity index (χ1v) is 11.9. The standard InChI is InChI=1S/C20H29N3O6S/c1-28-18-5-3-17(4-6-18)21-11-13-22(14-12-21)19(24)15-29-20(25)16-7-9-23(10-8-16)30(2,26)27/h3-6,16H,7-15H2,1-2H3. The first-order valence-electron chi connectivity index (χ1n) is 10.1. The van der Waals surface area contributed by atoms with Crippen molar-refractivity contribution in [1.29, 1.82) is 0 Å². The number of hydrogen-bond donors (Lipinski definition) is 0. The number of esters is 1. The lowest BCUT2D eigenvalue weighted by Gasteiger charge is -2.36. The molecule has 30 heavy (non-hydrogen) atoms. The number of hydrogen-bond acceptors (Lipinski definition) is 7. The first-order chi connectivity index (χ1) is 14.3. The molecule has 1 aromatic carbocycles. The summed E-state index contributed by atoms with van der Waals surface area (Å²) < 4.78 is 34.9. The summed E-state index contributed by atoms with van der Waals surface area (Å²) in [6.45, 7) is 2.88. The number of sulfonamides is 1. The van der Waals surface area contributed by atoms with Gasteiger partial charge in [0, 0.05) is 45.0 Å². The molecule has 0 bridgehead atoms. The maximum atomic E-state index is 12.4. The van der Waals surface area contributed by atoms with Crippen LogP contribution in [-0.4, -0.2) is 88.7 Å². The molecule has 2 aliphatic rings. The number of piperidine rings is 1. The number of nitrogens with zero attached hydrogens (tertiary/aromatic N) is 3.